The summed E-state index contributed by atoms with van der Waals surface area (Å²) in [7, 11) is 0. The molecule has 0 unspecified atom stereocenters. The Bertz CT molecular complexity index is 643. The number of benzene rings is 1. The van der Waals surface area contributed by atoms with E-state index in [1.54, 1.807) is 25.1 Å². The number of hydrogen-bond acceptors (Lipinski definition) is 3. The lowest BCUT2D eigenvalue weighted by atomic mass is 10.1. The molecule has 0 saturated heterocycles. The Morgan fingerprint density at radius 2 is 2.19 bits per heavy atom. The van der Waals surface area contributed by atoms with Crippen molar-refractivity contribution in [1.82, 2.24) is 5.16 Å². The minimum Gasteiger partial charge on any atom is -0.360 e. The molecule has 3 N–H and O–H groups in total. The van der Waals surface area contributed by atoms with Crippen molar-refractivity contribution in [2.75, 3.05) is 11.9 Å². The third kappa shape index (κ3) is 4.46. The zero-order chi connectivity index (χ0) is 15.4. The van der Waals surface area contributed by atoms with Crippen LogP contribution in [0.1, 0.15) is 24.3 Å². The Labute approximate surface area is 132 Å². The van der Waals surface area contributed by atoms with Crippen molar-refractivity contribution < 1.29 is 14.6 Å². The molecule has 1 amide bonds. The van der Waals surface area contributed by atoms with Gasteiger partial charge in [-0.1, -0.05) is 34.4 Å². The van der Waals surface area contributed by atoms with E-state index in [1.807, 2.05) is 18.3 Å². The fourth-order valence-corrected chi connectivity index (χ4v) is 2.48. The zero-order valence-electron chi connectivity index (χ0n) is 11.7. The number of nitrogens with one attached hydrogen (secondary N) is 1. The average molecular weight is 329 g/mol. The van der Waals surface area contributed by atoms with Crippen molar-refractivity contribution in [3.8, 4) is 0 Å². The molecule has 0 saturated carbocycles. The van der Waals surface area contributed by atoms with Crippen molar-refractivity contribution in [3.63, 3.8) is 0 Å². The molecule has 0 spiro atoms. The van der Waals surface area contributed by atoms with Crippen LogP contribution in [0.5, 0.6) is 0 Å². The van der Waals surface area contributed by atoms with E-state index >= 15 is 0 Å². The van der Waals surface area contributed by atoms with Gasteiger partial charge in [0.25, 0.3) is 5.91 Å². The Morgan fingerprint density at radius 1 is 1.43 bits per heavy atom. The lowest BCUT2D eigenvalue weighted by Crippen LogP contribution is -2.86. The summed E-state index contributed by atoms with van der Waals surface area (Å²) in [6.45, 7) is 3.99. The number of rotatable bonds is 5. The van der Waals surface area contributed by atoms with Crippen LogP contribution in [0.4, 0.5) is 5.82 Å². The van der Waals surface area contributed by atoms with E-state index < -0.39 is 0 Å². The van der Waals surface area contributed by atoms with Crippen LogP contribution < -0.4 is 10.6 Å². The summed E-state index contributed by atoms with van der Waals surface area (Å²) in [5, 5.41) is 9.45. The number of quaternary nitrogens is 1. The van der Waals surface area contributed by atoms with Gasteiger partial charge in [-0.2, -0.15) is 0 Å². The van der Waals surface area contributed by atoms with Gasteiger partial charge in [0, 0.05) is 16.7 Å². The van der Waals surface area contributed by atoms with Crippen LogP contribution in [0.3, 0.4) is 0 Å². The Balaban J connectivity index is 1.88. The molecule has 21 heavy (non-hydrogen) atoms. The summed E-state index contributed by atoms with van der Waals surface area (Å²) in [6.07, 6.45) is 0. The third-order valence-corrected chi connectivity index (χ3v) is 3.57. The van der Waals surface area contributed by atoms with Gasteiger partial charge in [0.15, 0.2) is 12.4 Å². The van der Waals surface area contributed by atoms with Gasteiger partial charge in [-0.05, 0) is 26.0 Å². The van der Waals surface area contributed by atoms with Gasteiger partial charge in [-0.15, -0.1) is 0 Å². The first kappa shape index (κ1) is 15.8. The van der Waals surface area contributed by atoms with Crippen LogP contribution in [-0.2, 0) is 4.79 Å². The number of carbonyl (C=O) groups is 1. The highest BCUT2D eigenvalue weighted by Gasteiger charge is 2.15. The third-order valence-electron chi connectivity index (χ3n) is 3.01. The van der Waals surface area contributed by atoms with E-state index in [-0.39, 0.29) is 18.5 Å². The van der Waals surface area contributed by atoms with E-state index in [4.69, 9.17) is 27.7 Å². The molecule has 5 nitrogen and oxygen atoms in total. The fraction of sp³-hybridized carbons (Fsp3) is 0.286. The van der Waals surface area contributed by atoms with Crippen LogP contribution in [0.2, 0.25) is 10.0 Å². The van der Waals surface area contributed by atoms with Crippen molar-refractivity contribution in [3.05, 3.63) is 45.6 Å². The van der Waals surface area contributed by atoms with Crippen LogP contribution >= 0.6 is 23.2 Å². The van der Waals surface area contributed by atoms with Gasteiger partial charge < -0.3 is 15.2 Å². The Hall–Kier alpha value is -1.56. The maximum Gasteiger partial charge on any atom is 0.280 e. The van der Waals surface area contributed by atoms with Gasteiger partial charge in [0.1, 0.15) is 11.8 Å². The number of anilines is 1. The maximum absolute atomic E-state index is 11.8. The quantitative estimate of drug-likeness (QED) is 0.885. The largest absolute Gasteiger partial charge is 0.360 e. The smallest absolute Gasteiger partial charge is 0.280 e. The van der Waals surface area contributed by atoms with E-state index in [1.165, 1.54) is 0 Å². The van der Waals surface area contributed by atoms with Gasteiger partial charge in [-0.25, -0.2) is 0 Å². The highest BCUT2D eigenvalue weighted by Crippen LogP contribution is 2.24. The number of hydrogen-bond donors (Lipinski definition) is 2. The predicted octanol–water partition coefficient (Wildman–Crippen LogP) is 2.55. The highest BCUT2D eigenvalue weighted by atomic mass is 35.5. The summed E-state index contributed by atoms with van der Waals surface area (Å²) in [5.41, 5.74) is 0.936. The molecule has 1 heterocycles. The molecule has 7 heteroatoms. The first-order valence-electron chi connectivity index (χ1n) is 6.47. The summed E-state index contributed by atoms with van der Waals surface area (Å²) in [4.78, 5) is 11.8. The molecular formula is C14H16Cl2N3O2+. The Morgan fingerprint density at radius 3 is 2.81 bits per heavy atom. The number of carbonyl (C=O) groups excluding carboxylic acids is 1. The second-order valence-corrected chi connectivity index (χ2v) is 5.61. The molecule has 0 radical (unpaired) electrons. The minimum atomic E-state index is -0.153. The number of nitrogens with two attached hydrogens (primary N) is 1. The van der Waals surface area contributed by atoms with Gasteiger partial charge >= 0.3 is 0 Å². The predicted molar refractivity (Wildman–Crippen MR) is 81.5 cm³/mol. The minimum absolute atomic E-state index is 0.0413. The lowest BCUT2D eigenvalue weighted by molar-refractivity contribution is -0.682. The molecule has 0 bridgehead atoms. The van der Waals surface area contributed by atoms with Crippen LogP contribution in [0.15, 0.2) is 28.8 Å². The fourth-order valence-electron chi connectivity index (χ4n) is 1.90. The average Bonchev–Trinajstić information content (AvgIpc) is 2.81. The van der Waals surface area contributed by atoms with Crippen LogP contribution in [0.25, 0.3) is 0 Å². The van der Waals surface area contributed by atoms with Crippen LogP contribution in [-0.4, -0.2) is 17.6 Å². The molecule has 112 valence electrons. The molecular weight excluding hydrogens is 313 g/mol. The monoisotopic (exact) mass is 328 g/mol. The number of nitrogens with zero attached hydrogens (tertiary/aromatic N) is 1. The number of aryl methyl sites for hydroxylation is 1. The number of halogens is 2. The lowest BCUT2D eigenvalue weighted by Gasteiger charge is -2.12. The maximum atomic E-state index is 11.8. The van der Waals surface area contributed by atoms with Crippen molar-refractivity contribution in [2.45, 2.75) is 19.9 Å². The Kier molecular flexibility index (Phi) is 5.22. The standard InChI is InChI=1S/C14H15Cl2N3O2/c1-8-5-13(19-21-8)18-14(20)7-17-9(2)11-4-3-10(15)6-12(11)16/h3-6,9,17H,7H2,1-2H3,(H,18,19,20)/p+1/t9-/m1/s1. The first-order valence-corrected chi connectivity index (χ1v) is 7.22. The van der Waals surface area contributed by atoms with E-state index in [0.717, 1.165) is 5.56 Å². The van der Waals surface area contributed by atoms with E-state index in [0.29, 0.717) is 21.6 Å². The zero-order valence-corrected chi connectivity index (χ0v) is 13.2. The second kappa shape index (κ2) is 6.93. The summed E-state index contributed by atoms with van der Waals surface area (Å²) < 4.78 is 4.88. The molecule has 0 aliphatic carbocycles. The van der Waals surface area contributed by atoms with Crippen molar-refractivity contribution in [2.24, 2.45) is 0 Å². The topological polar surface area (TPSA) is 71.7 Å². The molecule has 1 atom stereocenters. The highest BCUT2D eigenvalue weighted by molar-refractivity contribution is 6.35. The van der Waals surface area contributed by atoms with E-state index in [2.05, 4.69) is 10.5 Å². The molecule has 0 aliphatic heterocycles. The van der Waals surface area contributed by atoms with E-state index in [9.17, 15) is 4.79 Å². The van der Waals surface area contributed by atoms with Crippen molar-refractivity contribution >= 4 is 34.9 Å². The van der Waals surface area contributed by atoms with Gasteiger partial charge in [0.2, 0.25) is 0 Å². The summed E-state index contributed by atoms with van der Waals surface area (Å²) in [6, 6.07) is 7.05. The molecule has 1 aromatic carbocycles. The number of aromatic nitrogens is 1. The first-order chi connectivity index (χ1) is 9.95. The second-order valence-electron chi connectivity index (χ2n) is 4.77. The summed E-state index contributed by atoms with van der Waals surface area (Å²) >= 11 is 12.0. The molecule has 0 aliphatic rings. The molecule has 2 aromatic rings. The molecule has 2 rings (SSSR count). The molecule has 1 aromatic heterocycles. The number of amides is 1. The SMILES string of the molecule is Cc1cc(NC(=O)C[NH2+][C@H](C)c2ccc(Cl)cc2Cl)no1. The van der Waals surface area contributed by atoms with Gasteiger partial charge in [0.05, 0.1) is 5.02 Å². The summed E-state index contributed by atoms with van der Waals surface area (Å²) in [5.74, 6) is 0.916. The van der Waals surface area contributed by atoms with Crippen LogP contribution in [0, 0.1) is 6.92 Å². The molecule has 0 fully saturated rings. The van der Waals surface area contributed by atoms with Crippen molar-refractivity contribution in [1.29, 1.82) is 0 Å². The van der Waals surface area contributed by atoms with Gasteiger partial charge in [-0.3, -0.25) is 4.79 Å². The normalized spacial score (nSPS) is 12.2.